The Morgan fingerprint density at radius 2 is 1.70 bits per heavy atom. The van der Waals surface area contributed by atoms with Crippen LogP contribution in [-0.2, 0) is 0 Å². The molecule has 0 saturated carbocycles. The van der Waals surface area contributed by atoms with E-state index in [-0.39, 0.29) is 0 Å². The van der Waals surface area contributed by atoms with Gasteiger partial charge in [-0.3, -0.25) is 0 Å². The minimum Gasteiger partial charge on any atom is -0.494 e. The van der Waals surface area contributed by atoms with Gasteiger partial charge in [-0.1, -0.05) is 70.6 Å². The molecule has 0 bridgehead atoms. The zero-order chi connectivity index (χ0) is 16.3. The molecule has 1 aliphatic carbocycles. The average Bonchev–Trinajstić information content (AvgIpc) is 2.61. The summed E-state index contributed by atoms with van der Waals surface area (Å²) < 4.78 is 5.87. The average molecular weight is 315 g/mol. The van der Waals surface area contributed by atoms with Gasteiger partial charge in [-0.25, -0.2) is 0 Å². The first kappa shape index (κ1) is 18.1. The van der Waals surface area contributed by atoms with Crippen LogP contribution in [0, 0.1) is 5.92 Å². The van der Waals surface area contributed by atoms with Crippen LogP contribution < -0.4 is 4.74 Å². The second-order valence-electron chi connectivity index (χ2n) is 6.92. The van der Waals surface area contributed by atoms with Gasteiger partial charge in [-0.2, -0.15) is 0 Å². The standard InChI is InChI=1S/C22H34O/c1-3-5-6-7-8-9-18-23-22-16-14-21(15-17-22)20-12-10-19(4-2)11-13-20/h12,14-17,19H,3-11,13,18H2,1-2H3. The first-order valence-corrected chi connectivity index (χ1v) is 9.75. The van der Waals surface area contributed by atoms with Gasteiger partial charge in [0.25, 0.3) is 0 Å². The highest BCUT2D eigenvalue weighted by Gasteiger charge is 2.13. The van der Waals surface area contributed by atoms with Crippen molar-refractivity contribution in [2.45, 2.75) is 78.1 Å². The Morgan fingerprint density at radius 1 is 0.957 bits per heavy atom. The highest BCUT2D eigenvalue weighted by molar-refractivity contribution is 5.66. The van der Waals surface area contributed by atoms with E-state index in [1.54, 1.807) is 0 Å². The van der Waals surface area contributed by atoms with Crippen molar-refractivity contribution >= 4 is 5.57 Å². The third-order valence-electron chi connectivity index (χ3n) is 5.09. The van der Waals surface area contributed by atoms with E-state index in [2.05, 4.69) is 44.2 Å². The number of unbranched alkanes of at least 4 members (excludes halogenated alkanes) is 5. The Labute approximate surface area is 143 Å². The molecule has 128 valence electrons. The van der Waals surface area contributed by atoms with Crippen LogP contribution in [0.3, 0.4) is 0 Å². The molecule has 0 radical (unpaired) electrons. The van der Waals surface area contributed by atoms with Gasteiger partial charge >= 0.3 is 0 Å². The van der Waals surface area contributed by atoms with Gasteiger partial charge in [0.2, 0.25) is 0 Å². The summed E-state index contributed by atoms with van der Waals surface area (Å²) in [7, 11) is 0. The molecule has 23 heavy (non-hydrogen) atoms. The van der Waals surface area contributed by atoms with Crippen LogP contribution in [0.1, 0.15) is 83.6 Å². The smallest absolute Gasteiger partial charge is 0.119 e. The van der Waals surface area contributed by atoms with Crippen LogP contribution >= 0.6 is 0 Å². The number of benzene rings is 1. The maximum absolute atomic E-state index is 5.87. The lowest BCUT2D eigenvalue weighted by atomic mass is 9.85. The van der Waals surface area contributed by atoms with Gasteiger partial charge in [-0.15, -0.1) is 0 Å². The van der Waals surface area contributed by atoms with Gasteiger partial charge in [0.05, 0.1) is 6.61 Å². The first-order valence-electron chi connectivity index (χ1n) is 9.75. The molecule has 0 heterocycles. The zero-order valence-corrected chi connectivity index (χ0v) is 15.2. The summed E-state index contributed by atoms with van der Waals surface area (Å²) in [6, 6.07) is 8.74. The Bertz CT molecular complexity index is 457. The summed E-state index contributed by atoms with van der Waals surface area (Å²) in [5, 5.41) is 0. The third kappa shape index (κ3) is 6.41. The molecule has 0 N–H and O–H groups in total. The Hall–Kier alpha value is -1.24. The normalized spacial score (nSPS) is 17.8. The summed E-state index contributed by atoms with van der Waals surface area (Å²) in [5.74, 6) is 1.92. The number of hydrogen-bond acceptors (Lipinski definition) is 1. The summed E-state index contributed by atoms with van der Waals surface area (Å²) in [6.07, 6.45) is 15.5. The lowest BCUT2D eigenvalue weighted by molar-refractivity contribution is 0.304. The molecule has 0 saturated heterocycles. The van der Waals surface area contributed by atoms with Gasteiger partial charge in [0, 0.05) is 0 Å². The molecule has 1 aliphatic rings. The number of hydrogen-bond donors (Lipinski definition) is 0. The van der Waals surface area contributed by atoms with E-state index in [4.69, 9.17) is 4.74 Å². The largest absolute Gasteiger partial charge is 0.494 e. The summed E-state index contributed by atoms with van der Waals surface area (Å²) >= 11 is 0. The lowest BCUT2D eigenvalue weighted by Gasteiger charge is -2.20. The van der Waals surface area contributed by atoms with Crippen molar-refractivity contribution in [1.82, 2.24) is 0 Å². The van der Waals surface area contributed by atoms with Gasteiger partial charge in [0.1, 0.15) is 5.75 Å². The Balaban J connectivity index is 1.69. The molecular weight excluding hydrogens is 280 g/mol. The molecule has 1 aromatic rings. The zero-order valence-electron chi connectivity index (χ0n) is 15.2. The molecule has 1 nitrogen and oxygen atoms in total. The van der Waals surface area contributed by atoms with Crippen molar-refractivity contribution in [3.8, 4) is 5.75 Å². The van der Waals surface area contributed by atoms with Crippen LogP contribution in [0.15, 0.2) is 30.3 Å². The predicted octanol–water partition coefficient (Wildman–Crippen LogP) is 7.02. The molecule has 0 aromatic heterocycles. The quantitative estimate of drug-likeness (QED) is 0.422. The van der Waals surface area contributed by atoms with E-state index in [1.165, 1.54) is 75.3 Å². The van der Waals surface area contributed by atoms with E-state index >= 15 is 0 Å². The molecule has 1 aromatic carbocycles. The third-order valence-corrected chi connectivity index (χ3v) is 5.09. The van der Waals surface area contributed by atoms with Crippen LogP contribution in [0.4, 0.5) is 0 Å². The number of rotatable bonds is 10. The minimum absolute atomic E-state index is 0.854. The van der Waals surface area contributed by atoms with Crippen molar-refractivity contribution in [2.24, 2.45) is 5.92 Å². The molecule has 0 fully saturated rings. The first-order chi connectivity index (χ1) is 11.3. The summed E-state index contributed by atoms with van der Waals surface area (Å²) in [6.45, 7) is 5.42. The van der Waals surface area contributed by atoms with Gasteiger partial charge in [-0.05, 0) is 54.9 Å². The number of ether oxygens (including phenoxy) is 1. The van der Waals surface area contributed by atoms with E-state index in [0.29, 0.717) is 0 Å². The maximum Gasteiger partial charge on any atom is 0.119 e. The van der Waals surface area contributed by atoms with Crippen LogP contribution in [0.2, 0.25) is 0 Å². The minimum atomic E-state index is 0.854. The predicted molar refractivity (Wildman–Crippen MR) is 101 cm³/mol. The molecule has 0 amide bonds. The second-order valence-corrected chi connectivity index (χ2v) is 6.92. The van der Waals surface area contributed by atoms with E-state index in [1.807, 2.05) is 0 Å². The molecule has 0 aliphatic heterocycles. The molecule has 2 rings (SSSR count). The van der Waals surface area contributed by atoms with Crippen molar-refractivity contribution < 1.29 is 4.74 Å². The highest BCUT2D eigenvalue weighted by Crippen LogP contribution is 2.32. The Morgan fingerprint density at radius 3 is 2.35 bits per heavy atom. The van der Waals surface area contributed by atoms with Crippen molar-refractivity contribution in [3.05, 3.63) is 35.9 Å². The fraction of sp³-hybridized carbons (Fsp3) is 0.636. The SMILES string of the molecule is CCCCCCCCOc1ccc(C2=CCC(CC)CC2)cc1. The summed E-state index contributed by atoms with van der Waals surface area (Å²) in [5.41, 5.74) is 2.91. The fourth-order valence-electron chi connectivity index (χ4n) is 3.36. The van der Waals surface area contributed by atoms with Crippen LogP contribution in [0.5, 0.6) is 5.75 Å². The monoisotopic (exact) mass is 314 g/mol. The summed E-state index contributed by atoms with van der Waals surface area (Å²) in [4.78, 5) is 0. The van der Waals surface area contributed by atoms with E-state index in [9.17, 15) is 0 Å². The lowest BCUT2D eigenvalue weighted by Crippen LogP contribution is -2.04. The molecule has 1 unspecified atom stereocenters. The van der Waals surface area contributed by atoms with E-state index < -0.39 is 0 Å². The van der Waals surface area contributed by atoms with Gasteiger partial charge < -0.3 is 4.74 Å². The number of allylic oxidation sites excluding steroid dienone is 2. The molecular formula is C22H34O. The topological polar surface area (TPSA) is 9.23 Å². The highest BCUT2D eigenvalue weighted by atomic mass is 16.5. The fourth-order valence-corrected chi connectivity index (χ4v) is 3.36. The van der Waals surface area contributed by atoms with Crippen molar-refractivity contribution in [3.63, 3.8) is 0 Å². The molecule has 0 spiro atoms. The van der Waals surface area contributed by atoms with Crippen molar-refractivity contribution in [2.75, 3.05) is 6.61 Å². The van der Waals surface area contributed by atoms with E-state index in [0.717, 1.165) is 18.3 Å². The second kappa shape index (κ2) is 10.5. The van der Waals surface area contributed by atoms with Gasteiger partial charge in [0.15, 0.2) is 0 Å². The van der Waals surface area contributed by atoms with Crippen LogP contribution in [-0.4, -0.2) is 6.61 Å². The Kier molecular flexibility index (Phi) is 8.28. The molecule has 1 heteroatoms. The van der Waals surface area contributed by atoms with Crippen molar-refractivity contribution in [1.29, 1.82) is 0 Å². The molecule has 1 atom stereocenters. The maximum atomic E-state index is 5.87. The van der Waals surface area contributed by atoms with Crippen LogP contribution in [0.25, 0.3) is 5.57 Å².